The molecule has 3 rings (SSSR count). The summed E-state index contributed by atoms with van der Waals surface area (Å²) in [5.41, 5.74) is 3.37. The molecule has 86 valence electrons. The van der Waals surface area contributed by atoms with Crippen LogP contribution in [-0.4, -0.2) is 4.98 Å². The molecule has 0 aliphatic rings. The zero-order chi connectivity index (χ0) is 12.4. The SMILES string of the molecule is N#Cc1ccc(Oc2ccc3scnc3c2)cc1. The third-order valence-electron chi connectivity index (χ3n) is 2.52. The minimum Gasteiger partial charge on any atom is -0.457 e. The van der Waals surface area contributed by atoms with Gasteiger partial charge in [0.25, 0.3) is 0 Å². The van der Waals surface area contributed by atoms with E-state index in [1.807, 2.05) is 23.7 Å². The molecule has 0 unspecified atom stereocenters. The molecule has 0 atom stereocenters. The summed E-state index contributed by atoms with van der Waals surface area (Å²) in [5.74, 6) is 1.46. The lowest BCUT2D eigenvalue weighted by Crippen LogP contribution is -1.84. The lowest BCUT2D eigenvalue weighted by molar-refractivity contribution is 0.483. The summed E-state index contributed by atoms with van der Waals surface area (Å²) in [6.07, 6.45) is 0. The second kappa shape index (κ2) is 4.47. The second-order valence-corrected chi connectivity index (χ2v) is 4.61. The van der Waals surface area contributed by atoms with Crippen LogP contribution in [0.2, 0.25) is 0 Å². The van der Waals surface area contributed by atoms with Gasteiger partial charge >= 0.3 is 0 Å². The second-order valence-electron chi connectivity index (χ2n) is 3.72. The van der Waals surface area contributed by atoms with Crippen molar-refractivity contribution in [3.8, 4) is 17.6 Å². The van der Waals surface area contributed by atoms with Crippen LogP contribution in [0, 0.1) is 11.3 Å². The van der Waals surface area contributed by atoms with E-state index >= 15 is 0 Å². The highest BCUT2D eigenvalue weighted by Crippen LogP contribution is 2.26. The number of nitrogens with zero attached hydrogens (tertiary/aromatic N) is 2. The fourth-order valence-corrected chi connectivity index (χ4v) is 2.29. The number of fused-ring (bicyclic) bond motifs is 1. The van der Waals surface area contributed by atoms with Crippen LogP contribution in [0.1, 0.15) is 5.56 Å². The Balaban J connectivity index is 1.88. The van der Waals surface area contributed by atoms with E-state index in [9.17, 15) is 0 Å². The Kier molecular flexibility index (Phi) is 2.67. The van der Waals surface area contributed by atoms with E-state index in [0.717, 1.165) is 16.0 Å². The highest BCUT2D eigenvalue weighted by atomic mass is 32.1. The van der Waals surface area contributed by atoms with E-state index in [-0.39, 0.29) is 0 Å². The van der Waals surface area contributed by atoms with E-state index in [4.69, 9.17) is 10.00 Å². The van der Waals surface area contributed by atoms with Gasteiger partial charge < -0.3 is 4.74 Å². The van der Waals surface area contributed by atoms with Crippen LogP contribution >= 0.6 is 11.3 Å². The maximum absolute atomic E-state index is 8.71. The molecule has 3 nitrogen and oxygen atoms in total. The van der Waals surface area contributed by atoms with Crippen molar-refractivity contribution in [1.29, 1.82) is 5.26 Å². The number of aromatic nitrogens is 1. The zero-order valence-electron chi connectivity index (χ0n) is 9.33. The molecule has 0 aliphatic carbocycles. The van der Waals surface area contributed by atoms with Crippen molar-refractivity contribution < 1.29 is 4.74 Å². The van der Waals surface area contributed by atoms with E-state index in [0.29, 0.717) is 11.3 Å². The molecule has 0 saturated carbocycles. The Bertz CT molecular complexity index is 725. The summed E-state index contributed by atoms with van der Waals surface area (Å²) in [5, 5.41) is 8.71. The van der Waals surface area contributed by atoms with Crippen molar-refractivity contribution >= 4 is 21.6 Å². The maximum atomic E-state index is 8.71. The van der Waals surface area contributed by atoms with E-state index in [1.165, 1.54) is 0 Å². The number of thiazole rings is 1. The monoisotopic (exact) mass is 252 g/mol. The lowest BCUT2D eigenvalue weighted by atomic mass is 10.2. The zero-order valence-corrected chi connectivity index (χ0v) is 10.1. The van der Waals surface area contributed by atoms with Gasteiger partial charge in [-0.15, -0.1) is 11.3 Å². The van der Waals surface area contributed by atoms with Gasteiger partial charge in [-0.1, -0.05) is 0 Å². The summed E-state index contributed by atoms with van der Waals surface area (Å²) < 4.78 is 6.85. The first-order chi connectivity index (χ1) is 8.85. The van der Waals surface area contributed by atoms with Crippen molar-refractivity contribution in [1.82, 2.24) is 4.98 Å². The lowest BCUT2D eigenvalue weighted by Gasteiger charge is -2.05. The number of benzene rings is 2. The Labute approximate surface area is 108 Å². The number of hydrogen-bond acceptors (Lipinski definition) is 4. The third kappa shape index (κ3) is 2.04. The van der Waals surface area contributed by atoms with Crippen LogP contribution in [0.3, 0.4) is 0 Å². The smallest absolute Gasteiger partial charge is 0.129 e. The molecule has 0 fully saturated rings. The molecule has 0 aliphatic heterocycles. The van der Waals surface area contributed by atoms with Crippen LogP contribution < -0.4 is 4.74 Å². The third-order valence-corrected chi connectivity index (χ3v) is 3.33. The molecule has 0 amide bonds. The Hall–Kier alpha value is -2.38. The van der Waals surface area contributed by atoms with Crippen LogP contribution in [0.15, 0.2) is 48.0 Å². The first-order valence-electron chi connectivity index (χ1n) is 5.36. The van der Waals surface area contributed by atoms with E-state index < -0.39 is 0 Å². The quantitative estimate of drug-likeness (QED) is 0.693. The molecule has 3 aromatic rings. The maximum Gasteiger partial charge on any atom is 0.129 e. The standard InChI is InChI=1S/C14H8N2OS/c15-8-10-1-3-11(4-2-10)17-12-5-6-14-13(7-12)16-9-18-14/h1-7,9H. The molecule has 0 bridgehead atoms. The predicted molar refractivity (Wildman–Crippen MR) is 70.9 cm³/mol. The van der Waals surface area contributed by atoms with Gasteiger partial charge in [0.15, 0.2) is 0 Å². The number of ether oxygens (including phenoxy) is 1. The van der Waals surface area contributed by atoms with Crippen molar-refractivity contribution in [3.05, 3.63) is 53.5 Å². The summed E-state index contributed by atoms with van der Waals surface area (Å²) in [6, 6.07) is 14.9. The fourth-order valence-electron chi connectivity index (χ4n) is 1.63. The highest BCUT2D eigenvalue weighted by Gasteiger charge is 2.01. The molecular formula is C14H8N2OS. The molecule has 0 saturated heterocycles. The van der Waals surface area contributed by atoms with E-state index in [1.54, 1.807) is 35.6 Å². The van der Waals surface area contributed by atoms with Gasteiger partial charge in [-0.25, -0.2) is 4.98 Å². The average Bonchev–Trinajstić information content (AvgIpc) is 2.87. The molecular weight excluding hydrogens is 244 g/mol. The van der Waals surface area contributed by atoms with E-state index in [2.05, 4.69) is 11.1 Å². The molecule has 1 aromatic heterocycles. The topological polar surface area (TPSA) is 45.9 Å². The molecule has 1 heterocycles. The van der Waals surface area contributed by atoms with Crippen molar-refractivity contribution in [2.24, 2.45) is 0 Å². The van der Waals surface area contributed by atoms with Gasteiger partial charge in [-0.3, -0.25) is 0 Å². The first-order valence-corrected chi connectivity index (χ1v) is 6.24. The van der Waals surface area contributed by atoms with Gasteiger partial charge in [0.2, 0.25) is 0 Å². The predicted octanol–water partition coefficient (Wildman–Crippen LogP) is 3.96. The van der Waals surface area contributed by atoms with Crippen LogP contribution in [0.25, 0.3) is 10.2 Å². The Morgan fingerprint density at radius 1 is 1.06 bits per heavy atom. The van der Waals surface area contributed by atoms with Crippen LogP contribution in [0.4, 0.5) is 0 Å². The fraction of sp³-hybridized carbons (Fsp3) is 0. The number of nitriles is 1. The van der Waals surface area contributed by atoms with Gasteiger partial charge in [-0.2, -0.15) is 5.26 Å². The van der Waals surface area contributed by atoms with Crippen LogP contribution in [0.5, 0.6) is 11.5 Å². The largest absolute Gasteiger partial charge is 0.457 e. The van der Waals surface area contributed by atoms with Gasteiger partial charge in [-0.05, 0) is 36.4 Å². The highest BCUT2D eigenvalue weighted by molar-refractivity contribution is 7.16. The number of hydrogen-bond donors (Lipinski definition) is 0. The Morgan fingerprint density at radius 3 is 2.61 bits per heavy atom. The molecule has 0 spiro atoms. The van der Waals surface area contributed by atoms with Gasteiger partial charge in [0.1, 0.15) is 11.5 Å². The van der Waals surface area contributed by atoms with Crippen molar-refractivity contribution in [2.75, 3.05) is 0 Å². The minimum atomic E-state index is 0.623. The molecule has 18 heavy (non-hydrogen) atoms. The summed E-state index contributed by atoms with van der Waals surface area (Å²) in [7, 11) is 0. The summed E-state index contributed by atoms with van der Waals surface area (Å²) >= 11 is 1.60. The average molecular weight is 252 g/mol. The number of rotatable bonds is 2. The summed E-state index contributed by atoms with van der Waals surface area (Å²) in [4.78, 5) is 4.24. The summed E-state index contributed by atoms with van der Waals surface area (Å²) in [6.45, 7) is 0. The van der Waals surface area contributed by atoms with Gasteiger partial charge in [0.05, 0.1) is 27.4 Å². The molecule has 2 aromatic carbocycles. The minimum absolute atomic E-state index is 0.623. The Morgan fingerprint density at radius 2 is 1.83 bits per heavy atom. The van der Waals surface area contributed by atoms with Crippen LogP contribution in [-0.2, 0) is 0 Å². The first kappa shape index (κ1) is 10.8. The normalized spacial score (nSPS) is 10.2. The van der Waals surface area contributed by atoms with Crippen molar-refractivity contribution in [2.45, 2.75) is 0 Å². The van der Waals surface area contributed by atoms with Crippen molar-refractivity contribution in [3.63, 3.8) is 0 Å². The molecule has 0 radical (unpaired) electrons. The van der Waals surface area contributed by atoms with Gasteiger partial charge in [0, 0.05) is 6.07 Å². The molecule has 0 N–H and O–H groups in total. The molecule has 4 heteroatoms.